The molecule has 6 heteroatoms. The Labute approximate surface area is 143 Å². The van der Waals surface area contributed by atoms with Crippen LogP contribution in [0.2, 0.25) is 5.02 Å². The molecule has 4 aromatic rings. The quantitative estimate of drug-likeness (QED) is 0.570. The summed E-state index contributed by atoms with van der Waals surface area (Å²) in [5.41, 5.74) is 3.66. The minimum absolute atomic E-state index is 0.126. The van der Waals surface area contributed by atoms with Crippen molar-refractivity contribution < 1.29 is 4.52 Å². The molecule has 5 nitrogen and oxygen atoms in total. The van der Waals surface area contributed by atoms with Gasteiger partial charge in [-0.3, -0.25) is 0 Å². The summed E-state index contributed by atoms with van der Waals surface area (Å²) < 4.78 is 3.33. The van der Waals surface area contributed by atoms with Crippen LogP contribution in [-0.4, -0.2) is 14.9 Å². The van der Waals surface area contributed by atoms with Crippen molar-refractivity contribution in [2.24, 2.45) is 0 Å². The van der Waals surface area contributed by atoms with E-state index < -0.39 is 0 Å². The van der Waals surface area contributed by atoms with E-state index >= 15 is 0 Å². The number of hydrogen-bond acceptors (Lipinski definition) is 2. The van der Waals surface area contributed by atoms with Gasteiger partial charge in [0.05, 0.1) is 0 Å². The van der Waals surface area contributed by atoms with Crippen LogP contribution < -0.4 is 10.1 Å². The highest BCUT2D eigenvalue weighted by molar-refractivity contribution is 6.30. The number of aromatic nitrogens is 4. The standard InChI is InChI=1S/C18H15ClN4O/c1-11(2)16-17-18(24)22(13-9-7-12(19)8-10-13)21-23(17)15-6-4-3-5-14(15)20-16/h3-11H,1-2H3/p+1. The molecule has 2 heterocycles. The van der Waals surface area contributed by atoms with Crippen molar-refractivity contribution in [2.75, 3.05) is 0 Å². The zero-order chi connectivity index (χ0) is 16.8. The van der Waals surface area contributed by atoms with Crippen LogP contribution in [-0.2, 0) is 0 Å². The van der Waals surface area contributed by atoms with Gasteiger partial charge in [-0.25, -0.2) is 9.78 Å². The largest absolute Gasteiger partial charge is 0.408 e. The van der Waals surface area contributed by atoms with Gasteiger partial charge in [0, 0.05) is 10.9 Å². The molecule has 0 spiro atoms. The molecular weight excluding hydrogens is 324 g/mol. The van der Waals surface area contributed by atoms with Crippen molar-refractivity contribution in [3.63, 3.8) is 0 Å². The second kappa shape index (κ2) is 5.46. The molecule has 0 saturated heterocycles. The van der Waals surface area contributed by atoms with Gasteiger partial charge in [-0.1, -0.05) is 47.5 Å². The summed E-state index contributed by atoms with van der Waals surface area (Å²) >= 11 is 5.95. The van der Waals surface area contributed by atoms with Gasteiger partial charge in [-0.2, -0.15) is 0 Å². The fraction of sp³-hybridized carbons (Fsp3) is 0.167. The summed E-state index contributed by atoms with van der Waals surface area (Å²) in [5, 5.41) is 3.81. The smallest absolute Gasteiger partial charge is 0.244 e. The van der Waals surface area contributed by atoms with E-state index in [4.69, 9.17) is 16.6 Å². The molecule has 2 aromatic carbocycles. The van der Waals surface area contributed by atoms with E-state index in [2.05, 4.69) is 5.21 Å². The predicted octanol–water partition coefficient (Wildman–Crippen LogP) is 3.23. The van der Waals surface area contributed by atoms with Crippen molar-refractivity contribution in [3.05, 3.63) is 69.6 Å². The van der Waals surface area contributed by atoms with Crippen molar-refractivity contribution in [1.82, 2.24) is 14.9 Å². The highest BCUT2D eigenvalue weighted by Crippen LogP contribution is 2.18. The number of H-pyrrole nitrogens is 1. The summed E-state index contributed by atoms with van der Waals surface area (Å²) in [5.74, 6) is 0.131. The number of hydrogen-bond donors (Lipinski definition) is 1. The lowest BCUT2D eigenvalue weighted by molar-refractivity contribution is -0.556. The molecule has 0 amide bonds. The topological polar surface area (TPSA) is 54.8 Å². The van der Waals surface area contributed by atoms with E-state index in [0.29, 0.717) is 10.5 Å². The molecule has 0 aliphatic heterocycles. The van der Waals surface area contributed by atoms with Crippen LogP contribution in [0.15, 0.2) is 53.3 Å². The maximum absolute atomic E-state index is 13.0. The van der Waals surface area contributed by atoms with Crippen molar-refractivity contribution >= 4 is 28.2 Å². The average Bonchev–Trinajstić information content (AvgIpc) is 2.93. The fourth-order valence-electron chi connectivity index (χ4n) is 2.89. The van der Waals surface area contributed by atoms with E-state index in [1.54, 1.807) is 12.1 Å². The fourth-order valence-corrected chi connectivity index (χ4v) is 3.02. The van der Waals surface area contributed by atoms with Gasteiger partial charge < -0.3 is 0 Å². The second-order valence-electron chi connectivity index (χ2n) is 6.04. The molecule has 0 radical (unpaired) electrons. The van der Waals surface area contributed by atoms with Crippen molar-refractivity contribution in [2.45, 2.75) is 19.8 Å². The monoisotopic (exact) mass is 339 g/mol. The normalized spacial score (nSPS) is 11.7. The molecule has 0 atom stereocenters. The zero-order valence-corrected chi connectivity index (χ0v) is 14.1. The molecule has 0 aliphatic rings. The molecule has 0 fully saturated rings. The Kier molecular flexibility index (Phi) is 3.39. The Balaban J connectivity index is 2.14. The molecule has 120 valence electrons. The van der Waals surface area contributed by atoms with E-state index in [0.717, 1.165) is 22.4 Å². The first-order valence-corrected chi connectivity index (χ1v) is 8.15. The minimum atomic E-state index is -0.126. The van der Waals surface area contributed by atoms with Crippen molar-refractivity contribution in [1.29, 1.82) is 0 Å². The number of halogens is 1. The van der Waals surface area contributed by atoms with Crippen molar-refractivity contribution in [3.8, 4) is 5.69 Å². The predicted molar refractivity (Wildman–Crippen MR) is 93.9 cm³/mol. The van der Waals surface area contributed by atoms with E-state index in [1.165, 1.54) is 4.68 Å². The van der Waals surface area contributed by atoms with Gasteiger partial charge in [0.15, 0.2) is 11.2 Å². The molecule has 0 unspecified atom stereocenters. The number of para-hydroxylation sites is 2. The molecule has 24 heavy (non-hydrogen) atoms. The number of rotatable bonds is 2. The summed E-state index contributed by atoms with van der Waals surface area (Å²) in [6.45, 7) is 4.08. The average molecular weight is 340 g/mol. The molecule has 0 saturated carbocycles. The van der Waals surface area contributed by atoms with Crippen LogP contribution in [0.3, 0.4) is 0 Å². The van der Waals surface area contributed by atoms with Crippen LogP contribution >= 0.6 is 11.6 Å². The van der Waals surface area contributed by atoms with Crippen LogP contribution in [0, 0.1) is 0 Å². The van der Waals surface area contributed by atoms with Gasteiger partial charge in [0.1, 0.15) is 11.2 Å². The van der Waals surface area contributed by atoms with Gasteiger partial charge in [0.2, 0.25) is 0 Å². The van der Waals surface area contributed by atoms with Crippen LogP contribution in [0.1, 0.15) is 25.5 Å². The Morgan fingerprint density at radius 2 is 1.83 bits per heavy atom. The maximum atomic E-state index is 13.0. The highest BCUT2D eigenvalue weighted by Gasteiger charge is 2.25. The van der Waals surface area contributed by atoms with E-state index in [-0.39, 0.29) is 11.5 Å². The summed E-state index contributed by atoms with van der Waals surface area (Å²) in [6.07, 6.45) is 0. The third-order valence-corrected chi connectivity index (χ3v) is 4.32. The van der Waals surface area contributed by atoms with E-state index in [9.17, 15) is 4.79 Å². The van der Waals surface area contributed by atoms with Crippen LogP contribution in [0.25, 0.3) is 22.2 Å². The van der Waals surface area contributed by atoms with Crippen LogP contribution in [0.4, 0.5) is 0 Å². The third kappa shape index (κ3) is 2.20. The second-order valence-corrected chi connectivity index (χ2v) is 6.48. The van der Waals surface area contributed by atoms with Gasteiger partial charge in [-0.05, 0) is 36.4 Å². The number of nitrogens with one attached hydrogen (secondary N) is 1. The van der Waals surface area contributed by atoms with Gasteiger partial charge in [0.25, 0.3) is 5.52 Å². The number of benzene rings is 2. The summed E-state index contributed by atoms with van der Waals surface area (Å²) in [7, 11) is 0. The van der Waals surface area contributed by atoms with Gasteiger partial charge >= 0.3 is 5.56 Å². The molecule has 0 aliphatic carbocycles. The molecule has 4 rings (SSSR count). The first-order chi connectivity index (χ1) is 11.6. The Morgan fingerprint density at radius 1 is 1.12 bits per heavy atom. The van der Waals surface area contributed by atoms with Crippen LogP contribution in [0.5, 0.6) is 0 Å². The molecular formula is C18H16ClN4O+. The lowest BCUT2D eigenvalue weighted by Crippen LogP contribution is -2.28. The Bertz CT molecular complexity index is 1110. The Morgan fingerprint density at radius 3 is 2.54 bits per heavy atom. The highest BCUT2D eigenvalue weighted by atomic mass is 35.5. The molecule has 0 bridgehead atoms. The molecule has 2 aromatic heterocycles. The summed E-state index contributed by atoms with van der Waals surface area (Å²) in [4.78, 5) is 17.7. The Hall–Kier alpha value is -2.66. The lowest BCUT2D eigenvalue weighted by atomic mass is 10.1. The lowest BCUT2D eigenvalue weighted by Gasteiger charge is -2.04. The SMILES string of the molecule is CC(C)c1nc2ccccc2[n+]2[nH]n(-c3ccc(Cl)cc3)c(=O)c12. The number of nitrogens with zero attached hydrogens (tertiary/aromatic N) is 3. The molecule has 1 N–H and O–H groups in total. The minimum Gasteiger partial charge on any atom is -0.244 e. The van der Waals surface area contributed by atoms with Gasteiger partial charge in [-0.15, -0.1) is 4.52 Å². The summed E-state index contributed by atoms with van der Waals surface area (Å²) in [6, 6.07) is 14.9. The maximum Gasteiger partial charge on any atom is 0.408 e. The first-order valence-electron chi connectivity index (χ1n) is 7.77. The van der Waals surface area contributed by atoms with E-state index in [1.807, 2.05) is 54.8 Å². The number of fused-ring (bicyclic) bond motifs is 3. The number of aromatic amines is 1. The zero-order valence-electron chi connectivity index (χ0n) is 13.3. The first kappa shape index (κ1) is 14.9. The third-order valence-electron chi connectivity index (χ3n) is 4.07.